The number of phenols is 1. The van der Waals surface area contributed by atoms with E-state index in [9.17, 15) is 14.7 Å². The molecule has 1 fully saturated rings. The van der Waals surface area contributed by atoms with Gasteiger partial charge in [-0.15, -0.1) is 0 Å². The molecule has 2 rings (SSSR count). The van der Waals surface area contributed by atoms with E-state index in [1.807, 2.05) is 0 Å². The summed E-state index contributed by atoms with van der Waals surface area (Å²) in [5, 5.41) is 17.8. The van der Waals surface area contributed by atoms with Crippen LogP contribution in [0.2, 0.25) is 0 Å². The van der Waals surface area contributed by atoms with Crippen molar-refractivity contribution in [3.05, 3.63) is 29.8 Å². The number of amides is 1. The largest absolute Gasteiger partial charge is 0.508 e. The fourth-order valence-electron chi connectivity index (χ4n) is 2.12. The number of aromatic hydroxyl groups is 1. The van der Waals surface area contributed by atoms with Crippen molar-refractivity contribution in [1.29, 1.82) is 0 Å². The predicted molar refractivity (Wildman–Crippen MR) is 64.2 cm³/mol. The summed E-state index contributed by atoms with van der Waals surface area (Å²) >= 11 is 0. The first-order chi connectivity index (χ1) is 8.49. The van der Waals surface area contributed by atoms with E-state index < -0.39 is 5.97 Å². The summed E-state index contributed by atoms with van der Waals surface area (Å²) in [5.41, 5.74) is 1.01. The normalized spacial score (nSPS) is 21.4. The van der Waals surface area contributed by atoms with E-state index in [1.54, 1.807) is 24.3 Å². The van der Waals surface area contributed by atoms with Gasteiger partial charge in [-0.05, 0) is 30.0 Å². The van der Waals surface area contributed by atoms with Crippen LogP contribution >= 0.6 is 0 Å². The summed E-state index contributed by atoms with van der Waals surface area (Å²) in [6.07, 6.45) is 0.744. The molecule has 0 saturated heterocycles. The molecular weight excluding hydrogens is 234 g/mol. The molecule has 2 unspecified atom stereocenters. The third kappa shape index (κ3) is 2.61. The Balaban J connectivity index is 1.96. The van der Waals surface area contributed by atoms with Gasteiger partial charge in [0.25, 0.3) is 0 Å². The number of carbonyl (C=O) groups is 2. The van der Waals surface area contributed by atoms with Gasteiger partial charge in [-0.3, -0.25) is 9.59 Å². The van der Waals surface area contributed by atoms with E-state index in [0.29, 0.717) is 0 Å². The molecule has 5 heteroatoms. The molecule has 5 nitrogen and oxygen atoms in total. The Labute approximate surface area is 105 Å². The van der Waals surface area contributed by atoms with Gasteiger partial charge in [0.1, 0.15) is 12.3 Å². The van der Waals surface area contributed by atoms with Crippen LogP contribution in [0.15, 0.2) is 24.3 Å². The lowest BCUT2D eigenvalue weighted by atomic mass is 10.1. The fraction of sp³-hybridized carbons (Fsp3) is 0.385. The smallest absolute Gasteiger partial charge is 0.323 e. The maximum Gasteiger partial charge on any atom is 0.323 e. The molecule has 96 valence electrons. The van der Waals surface area contributed by atoms with Gasteiger partial charge in [0.05, 0.1) is 0 Å². The average Bonchev–Trinajstić information content (AvgIpc) is 3.08. The van der Waals surface area contributed by atoms with Crippen LogP contribution in [0.1, 0.15) is 17.9 Å². The van der Waals surface area contributed by atoms with Gasteiger partial charge in [-0.2, -0.15) is 0 Å². The second kappa shape index (κ2) is 4.68. The summed E-state index contributed by atoms with van der Waals surface area (Å²) < 4.78 is 0. The maximum absolute atomic E-state index is 11.9. The number of carboxylic acids is 1. The Morgan fingerprint density at radius 1 is 1.33 bits per heavy atom. The SMILES string of the molecule is CN(CC(=O)O)C(=O)C1CC1c1ccc(O)cc1. The van der Waals surface area contributed by atoms with Gasteiger partial charge in [0, 0.05) is 13.0 Å². The van der Waals surface area contributed by atoms with Crippen LogP contribution in [0.4, 0.5) is 0 Å². The second-order valence-corrected chi connectivity index (χ2v) is 4.63. The van der Waals surface area contributed by atoms with Crippen LogP contribution in [-0.2, 0) is 9.59 Å². The van der Waals surface area contributed by atoms with Crippen LogP contribution in [0.3, 0.4) is 0 Å². The van der Waals surface area contributed by atoms with Gasteiger partial charge in [-0.25, -0.2) is 0 Å². The number of likely N-dealkylation sites (N-methyl/N-ethyl adjacent to an activating group) is 1. The standard InChI is InChI=1S/C13H15NO4/c1-14(7-12(16)17)13(18)11-6-10(11)8-2-4-9(15)5-3-8/h2-5,10-11,15H,6-7H2,1H3,(H,16,17). The van der Waals surface area contributed by atoms with Crippen molar-refractivity contribution in [1.82, 2.24) is 4.90 Å². The third-order valence-corrected chi connectivity index (χ3v) is 3.18. The lowest BCUT2D eigenvalue weighted by Gasteiger charge is -2.14. The topological polar surface area (TPSA) is 77.8 Å². The summed E-state index contributed by atoms with van der Waals surface area (Å²) in [4.78, 5) is 23.7. The summed E-state index contributed by atoms with van der Waals surface area (Å²) in [6.45, 7) is -0.266. The van der Waals surface area contributed by atoms with Crippen molar-refractivity contribution in [2.45, 2.75) is 12.3 Å². The molecule has 0 heterocycles. The number of carbonyl (C=O) groups excluding carboxylic acids is 1. The van der Waals surface area contributed by atoms with Crippen molar-refractivity contribution >= 4 is 11.9 Å². The third-order valence-electron chi connectivity index (χ3n) is 3.18. The molecule has 1 amide bonds. The molecule has 1 aromatic rings. The molecule has 2 N–H and O–H groups in total. The molecule has 0 bridgehead atoms. The molecule has 18 heavy (non-hydrogen) atoms. The highest BCUT2D eigenvalue weighted by molar-refractivity contribution is 5.85. The molecule has 2 atom stereocenters. The van der Waals surface area contributed by atoms with Crippen LogP contribution in [0.25, 0.3) is 0 Å². The Morgan fingerprint density at radius 3 is 2.50 bits per heavy atom. The molecule has 1 saturated carbocycles. The van der Waals surface area contributed by atoms with Gasteiger partial charge < -0.3 is 15.1 Å². The first kappa shape index (κ1) is 12.4. The summed E-state index contributed by atoms with van der Waals surface area (Å²) in [7, 11) is 1.50. The fourth-order valence-corrected chi connectivity index (χ4v) is 2.12. The molecule has 1 aromatic carbocycles. The van der Waals surface area contributed by atoms with E-state index in [0.717, 1.165) is 12.0 Å². The first-order valence-corrected chi connectivity index (χ1v) is 5.74. The van der Waals surface area contributed by atoms with Gasteiger partial charge in [0.15, 0.2) is 0 Å². The zero-order valence-corrected chi connectivity index (χ0v) is 10.0. The number of aliphatic carboxylic acids is 1. The number of rotatable bonds is 4. The zero-order chi connectivity index (χ0) is 13.3. The Kier molecular flexibility index (Phi) is 3.23. The van der Waals surface area contributed by atoms with Gasteiger partial charge >= 0.3 is 5.97 Å². The van der Waals surface area contributed by atoms with E-state index in [1.165, 1.54) is 11.9 Å². The lowest BCUT2D eigenvalue weighted by molar-refractivity contribution is -0.144. The summed E-state index contributed by atoms with van der Waals surface area (Å²) in [6, 6.07) is 6.78. The Morgan fingerprint density at radius 2 is 1.94 bits per heavy atom. The lowest BCUT2D eigenvalue weighted by Crippen LogP contribution is -2.33. The minimum absolute atomic E-state index is 0.126. The van der Waals surface area contributed by atoms with E-state index >= 15 is 0 Å². The number of hydrogen-bond donors (Lipinski definition) is 2. The van der Waals surface area contributed by atoms with Crippen molar-refractivity contribution in [2.24, 2.45) is 5.92 Å². The second-order valence-electron chi connectivity index (χ2n) is 4.63. The van der Waals surface area contributed by atoms with Crippen LogP contribution in [0, 0.1) is 5.92 Å². The highest BCUT2D eigenvalue weighted by Gasteiger charge is 2.45. The van der Waals surface area contributed by atoms with Crippen LogP contribution < -0.4 is 0 Å². The monoisotopic (exact) mass is 249 g/mol. The number of nitrogens with zero attached hydrogens (tertiary/aromatic N) is 1. The number of benzene rings is 1. The summed E-state index contributed by atoms with van der Waals surface area (Å²) in [5.74, 6) is -0.915. The van der Waals surface area contributed by atoms with Crippen molar-refractivity contribution in [3.63, 3.8) is 0 Å². The maximum atomic E-state index is 11.9. The number of carboxylic acid groups (broad SMARTS) is 1. The minimum Gasteiger partial charge on any atom is -0.508 e. The van der Waals surface area contributed by atoms with E-state index in [4.69, 9.17) is 5.11 Å². The quantitative estimate of drug-likeness (QED) is 0.835. The minimum atomic E-state index is -1.01. The van der Waals surface area contributed by atoms with Crippen LogP contribution in [0.5, 0.6) is 5.75 Å². The van der Waals surface area contributed by atoms with Crippen LogP contribution in [-0.4, -0.2) is 40.6 Å². The molecule has 1 aliphatic carbocycles. The van der Waals surface area contributed by atoms with Crippen molar-refractivity contribution in [3.8, 4) is 5.75 Å². The molecular formula is C13H15NO4. The Bertz CT molecular complexity index is 468. The number of hydrogen-bond acceptors (Lipinski definition) is 3. The van der Waals surface area contributed by atoms with E-state index in [-0.39, 0.29) is 30.0 Å². The Hall–Kier alpha value is -2.04. The van der Waals surface area contributed by atoms with Gasteiger partial charge in [-0.1, -0.05) is 12.1 Å². The molecule has 0 aromatic heterocycles. The van der Waals surface area contributed by atoms with Gasteiger partial charge in [0.2, 0.25) is 5.91 Å². The molecule has 0 radical (unpaired) electrons. The first-order valence-electron chi connectivity index (χ1n) is 5.74. The zero-order valence-electron chi connectivity index (χ0n) is 10.0. The highest BCUT2D eigenvalue weighted by Crippen LogP contribution is 2.48. The van der Waals surface area contributed by atoms with Crippen molar-refractivity contribution < 1.29 is 19.8 Å². The highest BCUT2D eigenvalue weighted by atomic mass is 16.4. The molecule has 0 aliphatic heterocycles. The predicted octanol–water partition coefficient (Wildman–Crippen LogP) is 1.04. The number of phenolic OH excluding ortho intramolecular Hbond substituents is 1. The van der Waals surface area contributed by atoms with Crippen molar-refractivity contribution in [2.75, 3.05) is 13.6 Å². The molecule has 0 spiro atoms. The molecule has 1 aliphatic rings. The average molecular weight is 249 g/mol. The van der Waals surface area contributed by atoms with E-state index in [2.05, 4.69) is 0 Å².